The van der Waals surface area contributed by atoms with Crippen LogP contribution in [-0.4, -0.2) is 96.7 Å². The van der Waals surface area contributed by atoms with E-state index in [2.05, 4.69) is 34.6 Å². The van der Waals surface area contributed by atoms with Crippen molar-refractivity contribution in [1.82, 2.24) is 0 Å². The molecule has 0 rings (SSSR count). The molecule has 17 nitrogen and oxygen atoms in total. The highest BCUT2D eigenvalue weighted by atomic mass is 31.2. The molecule has 0 amide bonds. The van der Waals surface area contributed by atoms with Gasteiger partial charge in [-0.05, 0) is 31.6 Å². The van der Waals surface area contributed by atoms with Crippen LogP contribution in [0.15, 0.2) is 0 Å². The molecule has 0 bridgehead atoms. The van der Waals surface area contributed by atoms with Crippen molar-refractivity contribution in [3.63, 3.8) is 0 Å². The van der Waals surface area contributed by atoms with Crippen LogP contribution in [0.3, 0.4) is 0 Å². The predicted octanol–water partition coefficient (Wildman–Crippen LogP) is 24.4. The summed E-state index contributed by atoms with van der Waals surface area (Å²) in [6, 6.07) is 0. The van der Waals surface area contributed by atoms with E-state index in [0.717, 1.165) is 95.8 Å². The number of esters is 4. The first kappa shape index (κ1) is 98.1. The molecule has 100 heavy (non-hydrogen) atoms. The lowest BCUT2D eigenvalue weighted by molar-refractivity contribution is -0.161. The zero-order valence-corrected chi connectivity index (χ0v) is 67.1. The largest absolute Gasteiger partial charge is 0.472 e. The Hall–Kier alpha value is -1.94. The second kappa shape index (κ2) is 73.9. The van der Waals surface area contributed by atoms with Crippen molar-refractivity contribution in [2.75, 3.05) is 39.6 Å². The molecule has 0 aromatic heterocycles. The minimum Gasteiger partial charge on any atom is -0.462 e. The SMILES string of the molecule is CCCCCCCCCCCCCCCCCCCC(=O)O[C@H](COC(=O)CCCCCCCCCCCCCCCCCC)COP(=O)(O)OC[C@@H](O)COP(=O)(O)OC[C@@H](COC(=O)CCCCCCCCCCCCCCC)OC(=O)CCCCCCCCCCCCCC(C)C. The molecule has 0 aromatic rings. The maximum absolute atomic E-state index is 13.1. The van der Waals surface area contributed by atoms with E-state index in [-0.39, 0.29) is 25.7 Å². The molecule has 0 fully saturated rings. The van der Waals surface area contributed by atoms with E-state index < -0.39 is 97.5 Å². The number of hydrogen-bond donors (Lipinski definition) is 3. The third-order valence-corrected chi connectivity index (χ3v) is 20.9. The third kappa shape index (κ3) is 74.3. The van der Waals surface area contributed by atoms with Crippen LogP contribution >= 0.6 is 15.6 Å². The molecular formula is C81H158O17P2. The van der Waals surface area contributed by atoms with Gasteiger partial charge in [-0.3, -0.25) is 37.3 Å². The van der Waals surface area contributed by atoms with Crippen molar-refractivity contribution in [1.29, 1.82) is 0 Å². The Kier molecular flexibility index (Phi) is 72.5. The van der Waals surface area contributed by atoms with Crippen molar-refractivity contribution >= 4 is 39.5 Å². The summed E-state index contributed by atoms with van der Waals surface area (Å²) in [6.45, 7) is 7.34. The Labute approximate surface area is 613 Å². The second-order valence-corrected chi connectivity index (χ2v) is 32.5. The monoisotopic (exact) mass is 1470 g/mol. The number of rotatable bonds is 81. The molecule has 0 radical (unpaired) electrons. The maximum atomic E-state index is 13.1. The molecule has 0 aliphatic carbocycles. The van der Waals surface area contributed by atoms with E-state index in [9.17, 15) is 43.2 Å². The van der Waals surface area contributed by atoms with Crippen molar-refractivity contribution in [2.45, 2.75) is 451 Å². The first-order chi connectivity index (χ1) is 48.5. The molecule has 0 heterocycles. The van der Waals surface area contributed by atoms with Gasteiger partial charge in [-0.2, -0.15) is 0 Å². The first-order valence-corrected chi connectivity index (χ1v) is 45.1. The minimum atomic E-state index is -4.96. The van der Waals surface area contributed by atoms with Gasteiger partial charge in [0.1, 0.15) is 19.3 Å². The van der Waals surface area contributed by atoms with Crippen LogP contribution in [-0.2, 0) is 65.4 Å². The van der Waals surface area contributed by atoms with E-state index in [1.165, 1.54) is 257 Å². The van der Waals surface area contributed by atoms with Gasteiger partial charge in [-0.1, -0.05) is 381 Å². The fraction of sp³-hybridized carbons (Fsp3) is 0.951. The highest BCUT2D eigenvalue weighted by Crippen LogP contribution is 2.45. The first-order valence-electron chi connectivity index (χ1n) is 42.1. The van der Waals surface area contributed by atoms with Crippen molar-refractivity contribution in [3.8, 4) is 0 Å². The van der Waals surface area contributed by atoms with Crippen molar-refractivity contribution < 1.29 is 80.2 Å². The topological polar surface area (TPSA) is 237 Å². The van der Waals surface area contributed by atoms with Gasteiger partial charge in [0, 0.05) is 25.7 Å². The van der Waals surface area contributed by atoms with Crippen LogP contribution < -0.4 is 0 Å². The molecule has 2 unspecified atom stereocenters. The van der Waals surface area contributed by atoms with Gasteiger partial charge < -0.3 is 33.8 Å². The Morgan fingerprint density at radius 2 is 0.460 bits per heavy atom. The highest BCUT2D eigenvalue weighted by molar-refractivity contribution is 7.47. The number of aliphatic hydroxyl groups is 1. The van der Waals surface area contributed by atoms with E-state index in [1.54, 1.807) is 0 Å². The summed E-state index contributed by atoms with van der Waals surface area (Å²) in [5.74, 6) is -1.34. The number of hydrogen-bond acceptors (Lipinski definition) is 15. The summed E-state index contributed by atoms with van der Waals surface area (Å²) < 4.78 is 68.8. The zero-order chi connectivity index (χ0) is 73.4. The Morgan fingerprint density at radius 3 is 0.680 bits per heavy atom. The summed E-state index contributed by atoms with van der Waals surface area (Å²) >= 11 is 0. The molecule has 0 aliphatic heterocycles. The number of unbranched alkanes of at least 4 members (excludes halogenated alkanes) is 53. The normalized spacial score (nSPS) is 13.8. The van der Waals surface area contributed by atoms with Gasteiger partial charge in [0.05, 0.1) is 26.4 Å². The molecule has 0 saturated heterocycles. The second-order valence-electron chi connectivity index (χ2n) is 29.6. The highest BCUT2D eigenvalue weighted by Gasteiger charge is 2.30. The van der Waals surface area contributed by atoms with Crippen LogP contribution in [0.5, 0.6) is 0 Å². The molecule has 0 spiro atoms. The molecule has 19 heteroatoms. The Morgan fingerprint density at radius 1 is 0.270 bits per heavy atom. The smallest absolute Gasteiger partial charge is 0.462 e. The van der Waals surface area contributed by atoms with Crippen LogP contribution in [0.25, 0.3) is 0 Å². The summed E-state index contributed by atoms with van der Waals surface area (Å²) in [5.41, 5.74) is 0. The summed E-state index contributed by atoms with van der Waals surface area (Å²) in [6.07, 6.45) is 65.0. The molecule has 0 saturated carbocycles. The lowest BCUT2D eigenvalue weighted by Crippen LogP contribution is -2.30. The van der Waals surface area contributed by atoms with Crippen LogP contribution in [0.2, 0.25) is 0 Å². The molecule has 5 atom stereocenters. The van der Waals surface area contributed by atoms with E-state index in [1.807, 2.05) is 0 Å². The van der Waals surface area contributed by atoms with Crippen LogP contribution in [0.4, 0.5) is 0 Å². The third-order valence-electron chi connectivity index (χ3n) is 19.0. The summed E-state index contributed by atoms with van der Waals surface area (Å²) in [7, 11) is -9.92. The molecule has 0 aromatic carbocycles. The molecule has 594 valence electrons. The van der Waals surface area contributed by atoms with Gasteiger partial charge in [-0.25, -0.2) is 9.13 Å². The van der Waals surface area contributed by atoms with Gasteiger partial charge in [0.15, 0.2) is 12.2 Å². The van der Waals surface area contributed by atoms with Gasteiger partial charge in [0.2, 0.25) is 0 Å². The number of aliphatic hydroxyl groups excluding tert-OH is 1. The average Bonchev–Trinajstić information content (AvgIpc) is 0.964. The Balaban J connectivity index is 5.26. The van der Waals surface area contributed by atoms with E-state index in [0.29, 0.717) is 25.7 Å². The summed E-state index contributed by atoms with van der Waals surface area (Å²) in [5, 5.41) is 10.6. The van der Waals surface area contributed by atoms with Gasteiger partial charge in [-0.15, -0.1) is 0 Å². The van der Waals surface area contributed by atoms with Crippen LogP contribution in [0, 0.1) is 5.92 Å². The fourth-order valence-corrected chi connectivity index (χ4v) is 14.2. The standard InChI is InChI=1S/C81H158O17P2/c1-6-9-12-15-18-21-24-27-29-31-33-36-41-46-51-56-61-66-80(85)97-76(70-92-79(84)65-60-55-50-45-40-35-32-30-28-25-22-19-16-13-10-7-2)72-95-99(87,88)93-68-75(82)69-94-100(89,90)96-73-77(71-91-78(83)64-59-54-49-44-39-34-26-23-20-17-14-11-8-3)98-81(86)67-62-57-52-47-42-37-38-43-48-53-58-63-74(4)5/h74-77,82H,6-73H2,1-5H3,(H,87,88)(H,89,90)/t75-,76-,77-/m1/s1. The number of carbonyl (C=O) groups excluding carboxylic acids is 4. The lowest BCUT2D eigenvalue weighted by atomic mass is 10.0. The maximum Gasteiger partial charge on any atom is 0.472 e. The molecule has 3 N–H and O–H groups in total. The Bertz CT molecular complexity index is 1910. The molecular weight excluding hydrogens is 1310 g/mol. The van der Waals surface area contributed by atoms with Crippen LogP contribution in [0.1, 0.15) is 433 Å². The summed E-state index contributed by atoms with van der Waals surface area (Å²) in [4.78, 5) is 73.1. The van der Waals surface area contributed by atoms with Crippen molar-refractivity contribution in [3.05, 3.63) is 0 Å². The van der Waals surface area contributed by atoms with E-state index in [4.69, 9.17) is 37.0 Å². The number of carbonyl (C=O) groups is 4. The minimum absolute atomic E-state index is 0.107. The zero-order valence-electron chi connectivity index (χ0n) is 65.3. The van der Waals surface area contributed by atoms with Crippen molar-refractivity contribution in [2.24, 2.45) is 5.92 Å². The van der Waals surface area contributed by atoms with E-state index >= 15 is 0 Å². The van der Waals surface area contributed by atoms with Gasteiger partial charge in [0.25, 0.3) is 0 Å². The fourth-order valence-electron chi connectivity index (χ4n) is 12.6. The molecule has 0 aliphatic rings. The lowest BCUT2D eigenvalue weighted by Gasteiger charge is -2.21. The quantitative estimate of drug-likeness (QED) is 0.0222. The predicted molar refractivity (Wildman–Crippen MR) is 409 cm³/mol. The number of ether oxygens (including phenoxy) is 4. The van der Waals surface area contributed by atoms with Gasteiger partial charge >= 0.3 is 39.5 Å². The number of phosphoric ester groups is 2. The average molecular weight is 1470 g/mol. The number of phosphoric acid groups is 2.